The molecule has 0 unspecified atom stereocenters. The van der Waals surface area contributed by atoms with Crippen LogP contribution >= 0.6 is 11.5 Å². The van der Waals surface area contributed by atoms with Crippen LogP contribution in [0.4, 0.5) is 0 Å². The number of carbonyl (C=O) groups is 1. The highest BCUT2D eigenvalue weighted by Gasteiger charge is 2.26. The summed E-state index contributed by atoms with van der Waals surface area (Å²) in [7, 11) is 0. The lowest BCUT2D eigenvalue weighted by atomic mass is 9.91. The maximum Gasteiger partial charge on any atom is 0.273 e. The summed E-state index contributed by atoms with van der Waals surface area (Å²) in [6.07, 6.45) is 5.85. The van der Waals surface area contributed by atoms with Gasteiger partial charge in [0.1, 0.15) is 5.69 Å². The lowest BCUT2D eigenvalue weighted by Crippen LogP contribution is -2.39. The maximum atomic E-state index is 12.4. The molecule has 1 aliphatic rings. The Bertz CT molecular complexity index is 596. The van der Waals surface area contributed by atoms with Gasteiger partial charge in [-0.1, -0.05) is 6.07 Å². The zero-order valence-electron chi connectivity index (χ0n) is 11.5. The van der Waals surface area contributed by atoms with Gasteiger partial charge >= 0.3 is 0 Å². The Morgan fingerprint density at radius 1 is 1.50 bits per heavy atom. The SMILES string of the molecule is Cc1cc(C(=O)N2CCC[C@H](c3cccnc3)C2)ns1. The maximum absolute atomic E-state index is 12.4. The number of amides is 1. The first-order chi connectivity index (χ1) is 9.74. The fourth-order valence-corrected chi connectivity index (χ4v) is 3.22. The molecule has 3 rings (SSSR count). The molecular formula is C15H17N3OS. The van der Waals surface area contributed by atoms with Crippen molar-refractivity contribution < 1.29 is 4.79 Å². The van der Waals surface area contributed by atoms with Gasteiger partial charge in [-0.05, 0) is 49.0 Å². The van der Waals surface area contributed by atoms with Crippen LogP contribution in [0.3, 0.4) is 0 Å². The molecule has 2 aromatic rings. The largest absolute Gasteiger partial charge is 0.337 e. The van der Waals surface area contributed by atoms with Crippen LogP contribution in [0.25, 0.3) is 0 Å². The molecule has 0 saturated carbocycles. The van der Waals surface area contributed by atoms with E-state index in [1.165, 1.54) is 17.1 Å². The molecule has 5 heteroatoms. The smallest absolute Gasteiger partial charge is 0.273 e. The molecule has 1 amide bonds. The summed E-state index contributed by atoms with van der Waals surface area (Å²) in [4.78, 5) is 19.6. The average molecular weight is 287 g/mol. The van der Waals surface area contributed by atoms with Crippen LogP contribution in [-0.4, -0.2) is 33.3 Å². The predicted octanol–water partition coefficient (Wildman–Crippen LogP) is 2.87. The van der Waals surface area contributed by atoms with E-state index in [0.717, 1.165) is 30.8 Å². The standard InChI is InChI=1S/C15H17N3OS/c1-11-8-14(17-20-11)15(19)18-7-3-5-13(10-18)12-4-2-6-16-9-12/h2,4,6,8-9,13H,3,5,7,10H2,1H3/t13-/m0/s1. The minimum Gasteiger partial charge on any atom is -0.337 e. The van der Waals surface area contributed by atoms with Crippen LogP contribution < -0.4 is 0 Å². The summed E-state index contributed by atoms with van der Waals surface area (Å²) in [5.74, 6) is 0.448. The van der Waals surface area contributed by atoms with E-state index in [4.69, 9.17) is 0 Å². The van der Waals surface area contributed by atoms with Crippen molar-refractivity contribution in [3.8, 4) is 0 Å². The van der Waals surface area contributed by atoms with E-state index in [9.17, 15) is 4.79 Å². The highest BCUT2D eigenvalue weighted by molar-refractivity contribution is 7.05. The van der Waals surface area contributed by atoms with E-state index in [1.807, 2.05) is 30.2 Å². The quantitative estimate of drug-likeness (QED) is 0.853. The zero-order valence-corrected chi connectivity index (χ0v) is 12.3. The number of likely N-dealkylation sites (tertiary alicyclic amines) is 1. The average Bonchev–Trinajstić information content (AvgIpc) is 2.94. The van der Waals surface area contributed by atoms with E-state index >= 15 is 0 Å². The number of carbonyl (C=O) groups excluding carboxylic acids is 1. The van der Waals surface area contributed by atoms with Crippen molar-refractivity contribution in [2.45, 2.75) is 25.7 Å². The molecule has 0 bridgehead atoms. The Morgan fingerprint density at radius 2 is 2.40 bits per heavy atom. The normalized spacial score (nSPS) is 19.1. The monoisotopic (exact) mass is 287 g/mol. The van der Waals surface area contributed by atoms with Crippen LogP contribution in [-0.2, 0) is 0 Å². The van der Waals surface area contributed by atoms with Crippen LogP contribution in [0.15, 0.2) is 30.6 Å². The van der Waals surface area contributed by atoms with E-state index in [1.54, 1.807) is 6.20 Å². The summed E-state index contributed by atoms with van der Waals surface area (Å²) in [5.41, 5.74) is 1.80. The van der Waals surface area contributed by atoms with Gasteiger partial charge in [0.2, 0.25) is 0 Å². The van der Waals surface area contributed by atoms with Crippen molar-refractivity contribution in [2.75, 3.05) is 13.1 Å². The molecule has 0 aromatic carbocycles. The van der Waals surface area contributed by atoms with Gasteiger partial charge in [-0.3, -0.25) is 9.78 Å². The number of hydrogen-bond donors (Lipinski definition) is 0. The molecule has 4 nitrogen and oxygen atoms in total. The van der Waals surface area contributed by atoms with E-state index in [2.05, 4.69) is 15.4 Å². The molecule has 3 heterocycles. The second kappa shape index (κ2) is 5.71. The van der Waals surface area contributed by atoms with Crippen molar-refractivity contribution in [2.24, 2.45) is 0 Å². The molecule has 2 aromatic heterocycles. The molecular weight excluding hydrogens is 270 g/mol. The Hall–Kier alpha value is -1.75. The molecule has 0 aliphatic carbocycles. The molecule has 0 radical (unpaired) electrons. The Labute approximate surface area is 122 Å². The summed E-state index contributed by atoms with van der Waals surface area (Å²) in [6, 6.07) is 5.93. The summed E-state index contributed by atoms with van der Waals surface area (Å²) < 4.78 is 4.23. The Kier molecular flexibility index (Phi) is 3.78. The second-order valence-electron chi connectivity index (χ2n) is 5.20. The van der Waals surface area contributed by atoms with Gasteiger partial charge in [0, 0.05) is 36.3 Å². The van der Waals surface area contributed by atoms with Crippen LogP contribution in [0.5, 0.6) is 0 Å². The van der Waals surface area contributed by atoms with Crippen molar-refractivity contribution in [3.05, 3.63) is 46.7 Å². The van der Waals surface area contributed by atoms with Gasteiger partial charge in [-0.2, -0.15) is 4.37 Å². The van der Waals surface area contributed by atoms with E-state index in [-0.39, 0.29) is 5.91 Å². The van der Waals surface area contributed by atoms with Crippen molar-refractivity contribution in [3.63, 3.8) is 0 Å². The van der Waals surface area contributed by atoms with Crippen LogP contribution in [0.1, 0.15) is 39.7 Å². The van der Waals surface area contributed by atoms with Gasteiger partial charge in [0.05, 0.1) is 0 Å². The number of aromatic nitrogens is 2. The number of piperidine rings is 1. The minimum absolute atomic E-state index is 0.0583. The van der Waals surface area contributed by atoms with Crippen molar-refractivity contribution in [1.29, 1.82) is 0 Å². The molecule has 1 saturated heterocycles. The molecule has 104 valence electrons. The third-order valence-corrected chi connectivity index (χ3v) is 4.41. The highest BCUT2D eigenvalue weighted by atomic mass is 32.1. The van der Waals surface area contributed by atoms with Crippen molar-refractivity contribution in [1.82, 2.24) is 14.3 Å². The van der Waals surface area contributed by atoms with Gasteiger partial charge in [0.25, 0.3) is 5.91 Å². The third kappa shape index (κ3) is 2.72. The lowest BCUT2D eigenvalue weighted by Gasteiger charge is -2.32. The van der Waals surface area contributed by atoms with E-state index in [0.29, 0.717) is 11.6 Å². The molecule has 1 aliphatic heterocycles. The second-order valence-corrected chi connectivity index (χ2v) is 6.21. The van der Waals surface area contributed by atoms with E-state index < -0.39 is 0 Å². The first-order valence-electron chi connectivity index (χ1n) is 6.86. The number of pyridine rings is 1. The number of hydrogen-bond acceptors (Lipinski definition) is 4. The van der Waals surface area contributed by atoms with Gasteiger partial charge in [-0.25, -0.2) is 0 Å². The van der Waals surface area contributed by atoms with Crippen LogP contribution in [0, 0.1) is 6.92 Å². The molecule has 0 N–H and O–H groups in total. The van der Waals surface area contributed by atoms with Gasteiger partial charge in [0.15, 0.2) is 0 Å². The fraction of sp³-hybridized carbons (Fsp3) is 0.400. The minimum atomic E-state index is 0.0583. The number of aryl methyl sites for hydroxylation is 1. The third-order valence-electron chi connectivity index (χ3n) is 3.71. The first kappa shape index (κ1) is 13.2. The molecule has 0 spiro atoms. The van der Waals surface area contributed by atoms with Gasteiger partial charge < -0.3 is 4.90 Å². The Balaban J connectivity index is 1.74. The highest BCUT2D eigenvalue weighted by Crippen LogP contribution is 2.27. The molecule has 1 atom stereocenters. The zero-order chi connectivity index (χ0) is 13.9. The molecule has 1 fully saturated rings. The van der Waals surface area contributed by atoms with Gasteiger partial charge in [-0.15, -0.1) is 0 Å². The lowest BCUT2D eigenvalue weighted by molar-refractivity contribution is 0.0702. The topological polar surface area (TPSA) is 46.1 Å². The molecule has 20 heavy (non-hydrogen) atoms. The fourth-order valence-electron chi connectivity index (χ4n) is 2.68. The number of nitrogens with zero attached hydrogens (tertiary/aromatic N) is 3. The van der Waals surface area contributed by atoms with Crippen LogP contribution in [0.2, 0.25) is 0 Å². The first-order valence-corrected chi connectivity index (χ1v) is 7.64. The number of rotatable bonds is 2. The summed E-state index contributed by atoms with van der Waals surface area (Å²) in [5, 5.41) is 0. The Morgan fingerprint density at radius 3 is 3.10 bits per heavy atom. The predicted molar refractivity (Wildman–Crippen MR) is 79.0 cm³/mol. The van der Waals surface area contributed by atoms with Crippen molar-refractivity contribution >= 4 is 17.4 Å². The summed E-state index contributed by atoms with van der Waals surface area (Å²) in [6.45, 7) is 3.57. The summed E-state index contributed by atoms with van der Waals surface area (Å²) >= 11 is 1.39.